The average molecular weight is 369 g/mol. The fourth-order valence-electron chi connectivity index (χ4n) is 2.74. The lowest BCUT2D eigenvalue weighted by Gasteiger charge is -2.15. The van der Waals surface area contributed by atoms with Crippen molar-refractivity contribution in [3.8, 4) is 0 Å². The van der Waals surface area contributed by atoms with Gasteiger partial charge in [-0.05, 0) is 48.1 Å². The molecule has 1 atom stereocenters. The summed E-state index contributed by atoms with van der Waals surface area (Å²) in [6.07, 6.45) is 1.02. The molecule has 2 rings (SSSR count). The van der Waals surface area contributed by atoms with E-state index in [2.05, 4.69) is 31.3 Å². The van der Waals surface area contributed by atoms with Crippen LogP contribution in [0.5, 0.6) is 0 Å². The van der Waals surface area contributed by atoms with Gasteiger partial charge in [-0.15, -0.1) is 0 Å². The third-order valence-corrected chi connectivity index (χ3v) is 4.21. The standard InChI is InChI=1S/C22H27NO4/c1-15(2)12-17-4-8-19(9-5-17)16(3)23-21(25)14-27-22(26)20-10-6-18(13-24)7-11-20/h4-11,15-16,24H,12-14H2,1-3H3,(H,23,25)/t16-/m0/s1. The van der Waals surface area contributed by atoms with Crippen LogP contribution in [0.25, 0.3) is 0 Å². The van der Waals surface area contributed by atoms with Crippen LogP contribution in [-0.4, -0.2) is 23.6 Å². The first-order chi connectivity index (χ1) is 12.9. The fourth-order valence-corrected chi connectivity index (χ4v) is 2.74. The number of esters is 1. The summed E-state index contributed by atoms with van der Waals surface area (Å²) in [6, 6.07) is 14.4. The molecule has 27 heavy (non-hydrogen) atoms. The van der Waals surface area contributed by atoms with Gasteiger partial charge in [-0.1, -0.05) is 50.2 Å². The highest BCUT2D eigenvalue weighted by Crippen LogP contribution is 2.15. The van der Waals surface area contributed by atoms with Crippen LogP contribution in [0.1, 0.15) is 53.9 Å². The summed E-state index contributed by atoms with van der Waals surface area (Å²) in [7, 11) is 0. The van der Waals surface area contributed by atoms with Gasteiger partial charge in [0.2, 0.25) is 0 Å². The largest absolute Gasteiger partial charge is 0.452 e. The van der Waals surface area contributed by atoms with Crippen molar-refractivity contribution in [3.05, 3.63) is 70.8 Å². The Hall–Kier alpha value is -2.66. The second kappa shape index (κ2) is 9.88. The predicted octanol–water partition coefficient (Wildman–Crippen LogP) is 3.41. The molecule has 0 aliphatic rings. The smallest absolute Gasteiger partial charge is 0.338 e. The number of carbonyl (C=O) groups is 2. The third-order valence-electron chi connectivity index (χ3n) is 4.21. The summed E-state index contributed by atoms with van der Waals surface area (Å²) >= 11 is 0. The zero-order chi connectivity index (χ0) is 19.8. The molecule has 0 spiro atoms. The zero-order valence-electron chi connectivity index (χ0n) is 16.1. The van der Waals surface area contributed by atoms with E-state index in [1.807, 2.05) is 19.1 Å². The molecule has 0 bridgehead atoms. The molecular formula is C22H27NO4. The van der Waals surface area contributed by atoms with Gasteiger partial charge in [0.25, 0.3) is 5.91 Å². The molecule has 0 saturated carbocycles. The number of hydrogen-bond acceptors (Lipinski definition) is 4. The van der Waals surface area contributed by atoms with Gasteiger partial charge in [0.1, 0.15) is 0 Å². The molecule has 0 saturated heterocycles. The Labute approximate surface area is 160 Å². The van der Waals surface area contributed by atoms with Crippen LogP contribution in [0.2, 0.25) is 0 Å². The molecule has 0 aliphatic heterocycles. The molecule has 2 aromatic carbocycles. The van der Waals surface area contributed by atoms with Gasteiger partial charge in [0.15, 0.2) is 6.61 Å². The van der Waals surface area contributed by atoms with Crippen molar-refractivity contribution in [1.29, 1.82) is 0 Å². The van der Waals surface area contributed by atoms with Crippen LogP contribution >= 0.6 is 0 Å². The lowest BCUT2D eigenvalue weighted by Crippen LogP contribution is -2.31. The summed E-state index contributed by atoms with van der Waals surface area (Å²) in [4.78, 5) is 24.0. The summed E-state index contributed by atoms with van der Waals surface area (Å²) in [5, 5.41) is 11.8. The Balaban J connectivity index is 1.82. The number of ether oxygens (including phenoxy) is 1. The number of rotatable bonds is 8. The van der Waals surface area contributed by atoms with Crippen molar-refractivity contribution in [3.63, 3.8) is 0 Å². The molecule has 5 heteroatoms. The number of amides is 1. The van der Waals surface area contributed by atoms with E-state index in [0.717, 1.165) is 12.0 Å². The maximum atomic E-state index is 12.1. The minimum atomic E-state index is -0.569. The van der Waals surface area contributed by atoms with Crippen molar-refractivity contribution in [2.75, 3.05) is 6.61 Å². The maximum Gasteiger partial charge on any atom is 0.338 e. The molecule has 0 fully saturated rings. The molecule has 2 N–H and O–H groups in total. The van der Waals surface area contributed by atoms with E-state index in [0.29, 0.717) is 17.0 Å². The molecule has 0 heterocycles. The van der Waals surface area contributed by atoms with Crippen molar-refractivity contribution in [2.45, 2.75) is 39.8 Å². The minimum Gasteiger partial charge on any atom is -0.452 e. The molecule has 0 radical (unpaired) electrons. The van der Waals surface area contributed by atoms with Crippen molar-refractivity contribution in [1.82, 2.24) is 5.32 Å². The number of benzene rings is 2. The number of carbonyl (C=O) groups excluding carboxylic acids is 2. The molecule has 1 amide bonds. The van der Waals surface area contributed by atoms with Crippen LogP contribution < -0.4 is 5.32 Å². The summed E-state index contributed by atoms with van der Waals surface area (Å²) < 4.78 is 5.05. The maximum absolute atomic E-state index is 12.1. The topological polar surface area (TPSA) is 75.6 Å². The first-order valence-corrected chi connectivity index (χ1v) is 9.14. The molecule has 0 aliphatic carbocycles. The highest BCUT2D eigenvalue weighted by atomic mass is 16.5. The SMILES string of the molecule is CC(C)Cc1ccc([C@H](C)NC(=O)COC(=O)c2ccc(CO)cc2)cc1. The average Bonchev–Trinajstić information content (AvgIpc) is 2.66. The van der Waals surface area contributed by atoms with E-state index < -0.39 is 5.97 Å². The van der Waals surface area contributed by atoms with Gasteiger partial charge in [-0.2, -0.15) is 0 Å². The zero-order valence-corrected chi connectivity index (χ0v) is 16.1. The minimum absolute atomic E-state index is 0.0892. The Morgan fingerprint density at radius 3 is 2.11 bits per heavy atom. The van der Waals surface area contributed by atoms with Gasteiger partial charge < -0.3 is 15.2 Å². The van der Waals surface area contributed by atoms with E-state index in [-0.39, 0.29) is 25.2 Å². The van der Waals surface area contributed by atoms with E-state index in [1.54, 1.807) is 24.3 Å². The summed E-state index contributed by atoms with van der Waals surface area (Å²) in [5.74, 6) is -0.322. The highest BCUT2D eigenvalue weighted by molar-refractivity contribution is 5.91. The van der Waals surface area contributed by atoms with Crippen LogP contribution in [0.3, 0.4) is 0 Å². The van der Waals surface area contributed by atoms with Crippen LogP contribution in [0.4, 0.5) is 0 Å². The monoisotopic (exact) mass is 369 g/mol. The highest BCUT2D eigenvalue weighted by Gasteiger charge is 2.13. The first-order valence-electron chi connectivity index (χ1n) is 9.14. The summed E-state index contributed by atoms with van der Waals surface area (Å²) in [6.45, 7) is 5.83. The second-order valence-corrected chi connectivity index (χ2v) is 7.06. The molecule has 144 valence electrons. The van der Waals surface area contributed by atoms with Gasteiger partial charge in [-0.25, -0.2) is 4.79 Å². The van der Waals surface area contributed by atoms with Gasteiger partial charge in [0.05, 0.1) is 18.2 Å². The van der Waals surface area contributed by atoms with Crippen LogP contribution in [0.15, 0.2) is 48.5 Å². The predicted molar refractivity (Wildman–Crippen MR) is 104 cm³/mol. The molecule has 0 aromatic heterocycles. The Morgan fingerprint density at radius 2 is 1.56 bits per heavy atom. The van der Waals surface area contributed by atoms with E-state index >= 15 is 0 Å². The lowest BCUT2D eigenvalue weighted by atomic mass is 10.00. The molecule has 2 aromatic rings. The number of hydrogen-bond donors (Lipinski definition) is 2. The Morgan fingerprint density at radius 1 is 0.963 bits per heavy atom. The Kier molecular flexibility index (Phi) is 7.55. The van der Waals surface area contributed by atoms with Crippen molar-refractivity contribution < 1.29 is 19.4 Å². The number of aliphatic hydroxyl groups is 1. The van der Waals surface area contributed by atoms with E-state index in [4.69, 9.17) is 9.84 Å². The lowest BCUT2D eigenvalue weighted by molar-refractivity contribution is -0.124. The van der Waals surface area contributed by atoms with E-state index in [9.17, 15) is 9.59 Å². The van der Waals surface area contributed by atoms with Gasteiger partial charge in [-0.3, -0.25) is 4.79 Å². The van der Waals surface area contributed by atoms with Crippen molar-refractivity contribution >= 4 is 11.9 Å². The van der Waals surface area contributed by atoms with Gasteiger partial charge >= 0.3 is 5.97 Å². The fraction of sp³-hybridized carbons (Fsp3) is 0.364. The number of nitrogens with one attached hydrogen (secondary N) is 1. The number of aliphatic hydroxyl groups excluding tert-OH is 1. The molecule has 5 nitrogen and oxygen atoms in total. The quantitative estimate of drug-likeness (QED) is 0.699. The van der Waals surface area contributed by atoms with Crippen LogP contribution in [0, 0.1) is 5.92 Å². The van der Waals surface area contributed by atoms with Gasteiger partial charge in [0, 0.05) is 0 Å². The van der Waals surface area contributed by atoms with E-state index in [1.165, 1.54) is 5.56 Å². The Bertz CT molecular complexity index is 751. The first kappa shape index (κ1) is 20.6. The molecule has 0 unspecified atom stereocenters. The summed E-state index contributed by atoms with van der Waals surface area (Å²) in [5.41, 5.74) is 3.32. The molecular weight excluding hydrogens is 342 g/mol. The van der Waals surface area contributed by atoms with Crippen LogP contribution in [-0.2, 0) is 22.6 Å². The second-order valence-electron chi connectivity index (χ2n) is 7.06. The van der Waals surface area contributed by atoms with Crippen molar-refractivity contribution in [2.24, 2.45) is 5.92 Å². The normalized spacial score (nSPS) is 11.9. The third kappa shape index (κ3) is 6.53.